The Bertz CT molecular complexity index is 438. The number of benzene rings is 1. The van der Waals surface area contributed by atoms with Gasteiger partial charge in [0.25, 0.3) is 0 Å². The Hall–Kier alpha value is -1.42. The van der Waals surface area contributed by atoms with Crippen LogP contribution >= 0.6 is 0 Å². The third-order valence-electron chi connectivity index (χ3n) is 4.30. The number of carbonyl (C=O) groups is 1. The van der Waals surface area contributed by atoms with Crippen LogP contribution in [0.25, 0.3) is 0 Å². The van der Waals surface area contributed by atoms with E-state index in [1.54, 1.807) is 12.1 Å². The normalized spacial score (nSPS) is 17.7. The average molecular weight is 278 g/mol. The molecule has 0 saturated heterocycles. The maximum atomic E-state index is 12.8. The minimum atomic E-state index is -0.360. The Morgan fingerprint density at radius 2 is 1.85 bits per heavy atom. The highest BCUT2D eigenvalue weighted by atomic mass is 19.1. The highest BCUT2D eigenvalue weighted by Gasteiger charge is 2.37. The molecule has 1 aromatic rings. The van der Waals surface area contributed by atoms with Crippen LogP contribution in [0.4, 0.5) is 4.39 Å². The number of nitrogens with two attached hydrogens (primary N) is 1. The number of carbonyl (C=O) groups excluding carboxylic acids is 1. The number of halogens is 1. The summed E-state index contributed by atoms with van der Waals surface area (Å²) < 4.78 is 12.8. The van der Waals surface area contributed by atoms with Crippen LogP contribution in [0.2, 0.25) is 0 Å². The topological polar surface area (TPSA) is 55.1 Å². The molecule has 1 saturated carbocycles. The Balaban J connectivity index is 1.83. The summed E-state index contributed by atoms with van der Waals surface area (Å²) in [6, 6.07) is 6.39. The lowest BCUT2D eigenvalue weighted by Gasteiger charge is -2.34. The summed E-state index contributed by atoms with van der Waals surface area (Å²) in [7, 11) is 0. The highest BCUT2D eigenvalue weighted by molar-refractivity contribution is 5.83. The number of hydrogen-bond acceptors (Lipinski definition) is 2. The fourth-order valence-corrected chi connectivity index (χ4v) is 2.91. The van der Waals surface area contributed by atoms with E-state index in [0.717, 1.165) is 31.2 Å². The quantitative estimate of drug-likeness (QED) is 0.869. The van der Waals surface area contributed by atoms with Gasteiger partial charge in [-0.2, -0.15) is 0 Å². The molecule has 3 N–H and O–H groups in total. The molecule has 0 aromatic heterocycles. The molecule has 110 valence electrons. The first-order valence-corrected chi connectivity index (χ1v) is 7.39. The molecule has 0 atom stereocenters. The van der Waals surface area contributed by atoms with Gasteiger partial charge in [0, 0.05) is 13.1 Å². The van der Waals surface area contributed by atoms with E-state index in [4.69, 9.17) is 5.73 Å². The summed E-state index contributed by atoms with van der Waals surface area (Å²) in [5.41, 5.74) is 6.50. The third kappa shape index (κ3) is 3.57. The molecular weight excluding hydrogens is 255 g/mol. The lowest BCUT2D eigenvalue weighted by atomic mass is 9.73. The van der Waals surface area contributed by atoms with Crippen molar-refractivity contribution in [1.82, 2.24) is 5.32 Å². The second kappa shape index (κ2) is 6.84. The molecular formula is C16H23FN2O. The van der Waals surface area contributed by atoms with Crippen LogP contribution in [0.15, 0.2) is 24.3 Å². The van der Waals surface area contributed by atoms with Gasteiger partial charge in [0.05, 0.1) is 5.41 Å². The van der Waals surface area contributed by atoms with Crippen LogP contribution in [0.1, 0.15) is 37.7 Å². The molecule has 1 aliphatic rings. The molecule has 4 heteroatoms. The second-order valence-electron chi connectivity index (χ2n) is 5.68. The number of amides is 1. The Morgan fingerprint density at radius 1 is 1.20 bits per heavy atom. The lowest BCUT2D eigenvalue weighted by Crippen LogP contribution is -2.47. The van der Waals surface area contributed by atoms with Gasteiger partial charge in [0.2, 0.25) is 5.91 Å². The van der Waals surface area contributed by atoms with E-state index in [0.29, 0.717) is 19.5 Å². The molecule has 20 heavy (non-hydrogen) atoms. The molecule has 0 radical (unpaired) electrons. The van der Waals surface area contributed by atoms with Gasteiger partial charge in [-0.15, -0.1) is 0 Å². The summed E-state index contributed by atoms with van der Waals surface area (Å²) >= 11 is 0. The van der Waals surface area contributed by atoms with Crippen LogP contribution in [-0.2, 0) is 11.2 Å². The van der Waals surface area contributed by atoms with Crippen molar-refractivity contribution in [2.24, 2.45) is 11.1 Å². The SMILES string of the molecule is NCC1(C(=O)NCCc2ccc(F)cc2)CCCCC1. The number of rotatable bonds is 5. The van der Waals surface area contributed by atoms with Gasteiger partial charge in [-0.3, -0.25) is 4.79 Å². The van der Waals surface area contributed by atoms with E-state index < -0.39 is 0 Å². The van der Waals surface area contributed by atoms with Crippen molar-refractivity contribution < 1.29 is 9.18 Å². The molecule has 0 unspecified atom stereocenters. The zero-order chi connectivity index (χ0) is 14.4. The van der Waals surface area contributed by atoms with Gasteiger partial charge in [0.15, 0.2) is 0 Å². The predicted octanol–water partition coefficient (Wildman–Crippen LogP) is 2.39. The van der Waals surface area contributed by atoms with Crippen LogP contribution in [-0.4, -0.2) is 19.0 Å². The molecule has 0 aliphatic heterocycles. The van der Waals surface area contributed by atoms with Crippen molar-refractivity contribution in [3.8, 4) is 0 Å². The molecule has 0 spiro atoms. The molecule has 3 nitrogen and oxygen atoms in total. The van der Waals surface area contributed by atoms with Crippen molar-refractivity contribution in [3.05, 3.63) is 35.6 Å². The van der Waals surface area contributed by atoms with Crippen molar-refractivity contribution in [2.45, 2.75) is 38.5 Å². The number of nitrogens with one attached hydrogen (secondary N) is 1. The zero-order valence-electron chi connectivity index (χ0n) is 11.8. The first-order valence-electron chi connectivity index (χ1n) is 7.39. The molecule has 0 heterocycles. The van der Waals surface area contributed by atoms with Crippen LogP contribution in [0.5, 0.6) is 0 Å². The summed E-state index contributed by atoms with van der Waals surface area (Å²) in [4.78, 5) is 12.3. The minimum absolute atomic E-state index is 0.0850. The predicted molar refractivity (Wildman–Crippen MR) is 77.7 cm³/mol. The van der Waals surface area contributed by atoms with Gasteiger partial charge in [0.1, 0.15) is 5.82 Å². The van der Waals surface area contributed by atoms with Crippen LogP contribution in [0, 0.1) is 11.2 Å². The molecule has 1 aliphatic carbocycles. The Labute approximate surface area is 119 Å². The maximum Gasteiger partial charge on any atom is 0.227 e. The molecule has 1 fully saturated rings. The first-order chi connectivity index (χ1) is 9.66. The highest BCUT2D eigenvalue weighted by Crippen LogP contribution is 2.35. The lowest BCUT2D eigenvalue weighted by molar-refractivity contribution is -0.132. The maximum absolute atomic E-state index is 12.8. The fraction of sp³-hybridized carbons (Fsp3) is 0.562. The van der Waals surface area contributed by atoms with Gasteiger partial charge in [-0.25, -0.2) is 4.39 Å². The van der Waals surface area contributed by atoms with Crippen molar-refractivity contribution >= 4 is 5.91 Å². The Kier molecular flexibility index (Phi) is 5.12. The smallest absolute Gasteiger partial charge is 0.227 e. The zero-order valence-corrected chi connectivity index (χ0v) is 11.8. The Morgan fingerprint density at radius 3 is 2.45 bits per heavy atom. The molecule has 0 bridgehead atoms. The third-order valence-corrected chi connectivity index (χ3v) is 4.30. The van der Waals surface area contributed by atoms with E-state index in [1.165, 1.54) is 18.6 Å². The average Bonchev–Trinajstić information content (AvgIpc) is 2.50. The van der Waals surface area contributed by atoms with Crippen LogP contribution < -0.4 is 11.1 Å². The van der Waals surface area contributed by atoms with Crippen LogP contribution in [0.3, 0.4) is 0 Å². The first kappa shape index (κ1) is 15.0. The summed E-state index contributed by atoms with van der Waals surface area (Å²) in [6.45, 7) is 1.00. The van der Waals surface area contributed by atoms with Gasteiger partial charge in [-0.1, -0.05) is 31.4 Å². The molecule has 1 aromatic carbocycles. The fourth-order valence-electron chi connectivity index (χ4n) is 2.91. The van der Waals surface area contributed by atoms with E-state index in [9.17, 15) is 9.18 Å². The number of hydrogen-bond donors (Lipinski definition) is 2. The largest absolute Gasteiger partial charge is 0.355 e. The van der Waals surface area contributed by atoms with Crippen molar-refractivity contribution in [1.29, 1.82) is 0 Å². The molecule has 1 amide bonds. The van der Waals surface area contributed by atoms with E-state index in [2.05, 4.69) is 5.32 Å². The summed E-state index contributed by atoms with van der Waals surface area (Å²) in [5.74, 6) is -0.149. The van der Waals surface area contributed by atoms with Gasteiger partial charge < -0.3 is 11.1 Å². The van der Waals surface area contributed by atoms with E-state index in [1.807, 2.05) is 0 Å². The van der Waals surface area contributed by atoms with Crippen molar-refractivity contribution in [3.63, 3.8) is 0 Å². The minimum Gasteiger partial charge on any atom is -0.355 e. The van der Waals surface area contributed by atoms with Gasteiger partial charge in [-0.05, 0) is 37.0 Å². The second-order valence-corrected chi connectivity index (χ2v) is 5.68. The summed E-state index contributed by atoms with van der Waals surface area (Å²) in [6.07, 6.45) is 5.88. The van der Waals surface area contributed by atoms with E-state index in [-0.39, 0.29) is 17.1 Å². The molecule has 2 rings (SSSR count). The van der Waals surface area contributed by atoms with Crippen molar-refractivity contribution in [2.75, 3.05) is 13.1 Å². The standard InChI is InChI=1S/C16H23FN2O/c17-14-6-4-13(5-7-14)8-11-19-15(20)16(12-18)9-2-1-3-10-16/h4-7H,1-3,8-12,18H2,(H,19,20). The van der Waals surface area contributed by atoms with E-state index >= 15 is 0 Å². The monoisotopic (exact) mass is 278 g/mol. The van der Waals surface area contributed by atoms with Gasteiger partial charge >= 0.3 is 0 Å². The summed E-state index contributed by atoms with van der Waals surface area (Å²) in [5, 5.41) is 2.99.